The second kappa shape index (κ2) is 9.11. The molecule has 28 heavy (non-hydrogen) atoms. The molecule has 0 saturated carbocycles. The first kappa shape index (κ1) is 20.9. The SMILES string of the molecule is O=C(NCc1cccc(Cl)c1)c1cc([N+](=O)[O-])c(Sc2c(Cl)cncc2Cl)s1. The van der Waals surface area contributed by atoms with Gasteiger partial charge in [-0.2, -0.15) is 0 Å². The molecule has 0 aliphatic heterocycles. The van der Waals surface area contributed by atoms with Crippen LogP contribution in [0.4, 0.5) is 5.69 Å². The van der Waals surface area contributed by atoms with Gasteiger partial charge in [-0.25, -0.2) is 0 Å². The van der Waals surface area contributed by atoms with E-state index in [1.54, 1.807) is 18.2 Å². The van der Waals surface area contributed by atoms with Crippen LogP contribution in [0.25, 0.3) is 0 Å². The third-order valence-electron chi connectivity index (χ3n) is 3.45. The van der Waals surface area contributed by atoms with E-state index in [1.165, 1.54) is 18.5 Å². The van der Waals surface area contributed by atoms with E-state index >= 15 is 0 Å². The van der Waals surface area contributed by atoms with Gasteiger partial charge in [-0.15, -0.1) is 11.3 Å². The number of pyridine rings is 1. The van der Waals surface area contributed by atoms with Gasteiger partial charge < -0.3 is 5.32 Å². The second-order valence-corrected chi connectivity index (χ2v) is 8.97. The molecule has 11 heteroatoms. The van der Waals surface area contributed by atoms with E-state index in [0.717, 1.165) is 28.7 Å². The Bertz CT molecular complexity index is 1040. The molecule has 3 aromatic rings. The summed E-state index contributed by atoms with van der Waals surface area (Å²) in [6, 6.07) is 8.29. The van der Waals surface area contributed by atoms with Crippen molar-refractivity contribution in [2.45, 2.75) is 15.6 Å². The smallest absolute Gasteiger partial charge is 0.294 e. The van der Waals surface area contributed by atoms with Crippen molar-refractivity contribution in [3.63, 3.8) is 0 Å². The Morgan fingerprint density at radius 3 is 2.57 bits per heavy atom. The van der Waals surface area contributed by atoms with Crippen LogP contribution in [0.3, 0.4) is 0 Å². The molecule has 1 aromatic carbocycles. The second-order valence-electron chi connectivity index (χ2n) is 5.39. The molecule has 0 spiro atoms. The number of nitro groups is 1. The Kier molecular flexibility index (Phi) is 6.79. The van der Waals surface area contributed by atoms with Crippen molar-refractivity contribution in [3.8, 4) is 0 Å². The molecule has 2 aromatic heterocycles. The number of halogens is 3. The van der Waals surface area contributed by atoms with Gasteiger partial charge in [-0.05, 0) is 17.7 Å². The Balaban J connectivity index is 1.82. The molecule has 0 atom stereocenters. The van der Waals surface area contributed by atoms with Gasteiger partial charge in [0.2, 0.25) is 0 Å². The molecule has 1 amide bonds. The highest BCUT2D eigenvalue weighted by Gasteiger charge is 2.24. The highest BCUT2D eigenvalue weighted by atomic mass is 35.5. The molecule has 0 radical (unpaired) electrons. The summed E-state index contributed by atoms with van der Waals surface area (Å²) in [4.78, 5) is 27.8. The molecule has 3 rings (SSSR count). The molecule has 0 bridgehead atoms. The minimum Gasteiger partial charge on any atom is -0.347 e. The fraction of sp³-hybridized carbons (Fsp3) is 0.0588. The van der Waals surface area contributed by atoms with Crippen LogP contribution >= 0.6 is 57.9 Å². The van der Waals surface area contributed by atoms with E-state index in [9.17, 15) is 14.9 Å². The number of carbonyl (C=O) groups excluding carboxylic acids is 1. The zero-order valence-electron chi connectivity index (χ0n) is 13.8. The van der Waals surface area contributed by atoms with E-state index in [2.05, 4.69) is 10.3 Å². The predicted molar refractivity (Wildman–Crippen MR) is 112 cm³/mol. The molecule has 144 valence electrons. The van der Waals surface area contributed by atoms with Gasteiger partial charge in [0.15, 0.2) is 0 Å². The molecule has 0 fully saturated rings. The lowest BCUT2D eigenvalue weighted by molar-refractivity contribution is -0.387. The number of aromatic nitrogens is 1. The number of hydrogen-bond acceptors (Lipinski definition) is 6. The standard InChI is InChI=1S/C17H10Cl3N3O3S2/c18-10-3-1-2-9(4-10)6-22-16(24)14-5-13(23(25)26)17(27-14)28-15-11(19)7-21-8-12(15)20/h1-5,7-8H,6H2,(H,22,24). The summed E-state index contributed by atoms with van der Waals surface area (Å²) >= 11 is 20.1. The van der Waals surface area contributed by atoms with Gasteiger partial charge in [-0.3, -0.25) is 19.9 Å². The van der Waals surface area contributed by atoms with E-state index < -0.39 is 10.8 Å². The molecule has 2 heterocycles. The molecular formula is C17H10Cl3N3O3S2. The molecule has 1 N–H and O–H groups in total. The lowest BCUT2D eigenvalue weighted by Crippen LogP contribution is -2.21. The lowest BCUT2D eigenvalue weighted by Gasteiger charge is -2.04. The first-order valence-corrected chi connectivity index (χ1v) is 10.4. The summed E-state index contributed by atoms with van der Waals surface area (Å²) in [7, 11) is 0. The predicted octanol–water partition coefficient (Wildman–Crippen LogP) is 6.09. The topological polar surface area (TPSA) is 85.1 Å². The quantitative estimate of drug-likeness (QED) is 0.345. The maximum absolute atomic E-state index is 12.4. The minimum atomic E-state index is -0.546. The van der Waals surface area contributed by atoms with Crippen LogP contribution in [-0.4, -0.2) is 15.8 Å². The number of amides is 1. The molecule has 0 aliphatic carbocycles. The van der Waals surface area contributed by atoms with Crippen LogP contribution in [0.1, 0.15) is 15.2 Å². The summed E-state index contributed by atoms with van der Waals surface area (Å²) < 4.78 is 0.299. The lowest BCUT2D eigenvalue weighted by atomic mass is 10.2. The van der Waals surface area contributed by atoms with Gasteiger partial charge in [0.1, 0.15) is 9.09 Å². The largest absolute Gasteiger partial charge is 0.347 e. The van der Waals surface area contributed by atoms with Crippen LogP contribution < -0.4 is 5.32 Å². The summed E-state index contributed by atoms with van der Waals surface area (Å²) in [5.41, 5.74) is 0.628. The number of nitrogens with zero attached hydrogens (tertiary/aromatic N) is 2. The van der Waals surface area contributed by atoms with Crippen LogP contribution in [-0.2, 0) is 6.54 Å². The Hall–Kier alpha value is -1.84. The minimum absolute atomic E-state index is 0.188. The average Bonchev–Trinajstić information content (AvgIpc) is 3.07. The number of rotatable bonds is 6. The van der Waals surface area contributed by atoms with Crippen molar-refractivity contribution < 1.29 is 9.72 Å². The number of carbonyl (C=O) groups is 1. The third-order valence-corrected chi connectivity index (χ3v) is 6.94. The van der Waals surface area contributed by atoms with Gasteiger partial charge in [-0.1, -0.05) is 58.7 Å². The van der Waals surface area contributed by atoms with E-state index in [-0.39, 0.29) is 27.2 Å². The monoisotopic (exact) mass is 473 g/mol. The first-order valence-electron chi connectivity index (χ1n) is 7.63. The molecule has 0 unspecified atom stereocenters. The van der Waals surface area contributed by atoms with Crippen molar-refractivity contribution in [1.29, 1.82) is 0 Å². The van der Waals surface area contributed by atoms with Crippen molar-refractivity contribution in [2.24, 2.45) is 0 Å². The summed E-state index contributed by atoms with van der Waals surface area (Å²) in [5.74, 6) is -0.424. The number of thiophene rings is 1. The molecular weight excluding hydrogens is 465 g/mol. The maximum atomic E-state index is 12.4. The summed E-state index contributed by atoms with van der Waals surface area (Å²) in [6.45, 7) is 0.246. The molecule has 6 nitrogen and oxygen atoms in total. The first-order chi connectivity index (χ1) is 13.3. The van der Waals surface area contributed by atoms with Crippen LogP contribution in [0.2, 0.25) is 15.1 Å². The zero-order valence-corrected chi connectivity index (χ0v) is 17.7. The highest BCUT2D eigenvalue weighted by molar-refractivity contribution is 8.01. The van der Waals surface area contributed by atoms with Crippen molar-refractivity contribution in [1.82, 2.24) is 10.3 Å². The number of benzene rings is 1. The highest BCUT2D eigenvalue weighted by Crippen LogP contribution is 2.45. The summed E-state index contributed by atoms with van der Waals surface area (Å²) in [5, 5.41) is 15.2. The summed E-state index contributed by atoms with van der Waals surface area (Å²) in [6.07, 6.45) is 2.79. The zero-order chi connectivity index (χ0) is 20.3. The van der Waals surface area contributed by atoms with Gasteiger partial charge in [0.05, 0.1) is 19.9 Å². The van der Waals surface area contributed by atoms with Crippen molar-refractivity contribution in [2.75, 3.05) is 0 Å². The molecule has 0 aliphatic rings. The third kappa shape index (κ3) is 4.95. The van der Waals surface area contributed by atoms with Crippen LogP contribution in [0.5, 0.6) is 0 Å². The Morgan fingerprint density at radius 1 is 1.21 bits per heavy atom. The normalized spacial score (nSPS) is 10.7. The van der Waals surface area contributed by atoms with Crippen LogP contribution in [0.15, 0.2) is 51.8 Å². The molecule has 0 saturated heterocycles. The fourth-order valence-corrected chi connectivity index (χ4v) is 5.18. The fourth-order valence-electron chi connectivity index (χ4n) is 2.18. The van der Waals surface area contributed by atoms with E-state index in [1.807, 2.05) is 6.07 Å². The maximum Gasteiger partial charge on any atom is 0.294 e. The van der Waals surface area contributed by atoms with E-state index in [0.29, 0.717) is 14.1 Å². The van der Waals surface area contributed by atoms with Gasteiger partial charge >= 0.3 is 0 Å². The van der Waals surface area contributed by atoms with Crippen molar-refractivity contribution in [3.05, 3.63) is 78.3 Å². The Morgan fingerprint density at radius 2 is 1.93 bits per heavy atom. The average molecular weight is 475 g/mol. The van der Waals surface area contributed by atoms with Crippen molar-refractivity contribution >= 4 is 69.5 Å². The van der Waals surface area contributed by atoms with Gasteiger partial charge in [0, 0.05) is 30.0 Å². The van der Waals surface area contributed by atoms with Crippen LogP contribution in [0, 0.1) is 10.1 Å². The number of nitrogens with one attached hydrogen (secondary N) is 1. The Labute approximate surface area is 183 Å². The van der Waals surface area contributed by atoms with E-state index in [4.69, 9.17) is 34.8 Å². The van der Waals surface area contributed by atoms with Gasteiger partial charge in [0.25, 0.3) is 11.6 Å². The number of hydrogen-bond donors (Lipinski definition) is 1.